The summed E-state index contributed by atoms with van der Waals surface area (Å²) in [6.45, 7) is 1.64. The van der Waals surface area contributed by atoms with E-state index in [2.05, 4.69) is 10.3 Å². The summed E-state index contributed by atoms with van der Waals surface area (Å²) >= 11 is 5.68. The molecule has 0 saturated heterocycles. The van der Waals surface area contributed by atoms with E-state index in [-0.39, 0.29) is 16.7 Å². The molecule has 0 aliphatic carbocycles. The molecule has 0 fully saturated rings. The van der Waals surface area contributed by atoms with Crippen molar-refractivity contribution < 1.29 is 13.2 Å². The second-order valence-electron chi connectivity index (χ2n) is 5.61. The van der Waals surface area contributed by atoms with Crippen LogP contribution < -0.4 is 10.9 Å². The number of benzene rings is 1. The van der Waals surface area contributed by atoms with Crippen LogP contribution in [-0.2, 0) is 6.18 Å². The number of H-pyrrole nitrogens is 1. The molecule has 1 aromatic heterocycles. The van der Waals surface area contributed by atoms with Gasteiger partial charge in [0.25, 0.3) is 0 Å². The van der Waals surface area contributed by atoms with E-state index in [0.717, 1.165) is 12.1 Å². The Morgan fingerprint density at radius 2 is 2.00 bits per heavy atom. The lowest BCUT2D eigenvalue weighted by Gasteiger charge is -2.28. The van der Waals surface area contributed by atoms with Crippen molar-refractivity contribution in [2.45, 2.75) is 19.0 Å². The van der Waals surface area contributed by atoms with Gasteiger partial charge in [0, 0.05) is 35.1 Å². The Morgan fingerprint density at radius 3 is 2.64 bits per heavy atom. The third kappa shape index (κ3) is 3.01. The topological polar surface area (TPSA) is 68.7 Å². The summed E-state index contributed by atoms with van der Waals surface area (Å²) < 4.78 is 39.5. The number of nitrogens with one attached hydrogen (secondary N) is 2. The molecule has 3 rings (SSSR count). The molecule has 0 bridgehead atoms. The molecular formula is C17H11ClF3N3O. The molecule has 1 atom stereocenters. The molecule has 0 saturated carbocycles. The van der Waals surface area contributed by atoms with E-state index < -0.39 is 22.7 Å². The van der Waals surface area contributed by atoms with Crippen LogP contribution in [0.5, 0.6) is 0 Å². The summed E-state index contributed by atoms with van der Waals surface area (Å²) in [6, 6.07) is 6.91. The first kappa shape index (κ1) is 17.1. The minimum atomic E-state index is -4.61. The highest BCUT2D eigenvalue weighted by atomic mass is 35.5. The molecule has 1 aliphatic rings. The zero-order chi connectivity index (χ0) is 18.4. The molecule has 1 unspecified atom stereocenters. The number of fused-ring (bicyclic) bond motifs is 1. The summed E-state index contributed by atoms with van der Waals surface area (Å²) in [7, 11) is 0. The van der Waals surface area contributed by atoms with Gasteiger partial charge in [-0.05, 0) is 24.6 Å². The highest BCUT2D eigenvalue weighted by Gasteiger charge is 2.35. The number of hydrogen-bond donors (Lipinski definition) is 2. The second-order valence-corrected chi connectivity index (χ2v) is 6.02. The van der Waals surface area contributed by atoms with E-state index >= 15 is 0 Å². The average Bonchev–Trinajstić information content (AvgIpc) is 2.53. The SMILES string of the molecule is CC1=C(C#N)C(c2ccc(Cl)c(C(F)(F)F)c2)c2c[nH]c(=O)cc2N1. The van der Waals surface area contributed by atoms with Crippen molar-refractivity contribution in [3.05, 3.63) is 73.8 Å². The summed E-state index contributed by atoms with van der Waals surface area (Å²) in [5, 5.41) is 12.0. The van der Waals surface area contributed by atoms with Gasteiger partial charge in [-0.25, -0.2) is 0 Å². The third-order valence-electron chi connectivity index (χ3n) is 4.03. The van der Waals surface area contributed by atoms with Crippen LogP contribution in [0.4, 0.5) is 18.9 Å². The predicted molar refractivity (Wildman–Crippen MR) is 87.3 cm³/mol. The summed E-state index contributed by atoms with van der Waals surface area (Å²) in [4.78, 5) is 14.0. The van der Waals surface area contributed by atoms with Crippen LogP contribution in [0.15, 0.2) is 46.5 Å². The van der Waals surface area contributed by atoms with Gasteiger partial charge < -0.3 is 10.3 Å². The van der Waals surface area contributed by atoms with Crippen molar-refractivity contribution in [3.63, 3.8) is 0 Å². The van der Waals surface area contributed by atoms with Crippen molar-refractivity contribution in [1.29, 1.82) is 5.26 Å². The second kappa shape index (κ2) is 5.97. The zero-order valence-electron chi connectivity index (χ0n) is 12.8. The normalized spacial score (nSPS) is 16.9. The first-order valence-electron chi connectivity index (χ1n) is 7.19. The molecule has 2 heterocycles. The average molecular weight is 366 g/mol. The first-order chi connectivity index (χ1) is 11.7. The van der Waals surface area contributed by atoms with Crippen molar-refractivity contribution >= 4 is 17.3 Å². The highest BCUT2D eigenvalue weighted by molar-refractivity contribution is 6.31. The number of anilines is 1. The van der Waals surface area contributed by atoms with E-state index in [1.807, 2.05) is 6.07 Å². The van der Waals surface area contributed by atoms with Crippen molar-refractivity contribution in [1.82, 2.24) is 4.98 Å². The van der Waals surface area contributed by atoms with Crippen LogP contribution in [0.1, 0.15) is 29.5 Å². The number of halogens is 4. The fourth-order valence-electron chi connectivity index (χ4n) is 2.91. The first-order valence-corrected chi connectivity index (χ1v) is 7.57. The summed E-state index contributed by atoms with van der Waals surface area (Å²) in [5.41, 5.74) is 0.661. The number of allylic oxidation sites excluding steroid dienone is 2. The number of nitrogens with zero attached hydrogens (tertiary/aromatic N) is 1. The number of alkyl halides is 3. The lowest BCUT2D eigenvalue weighted by atomic mass is 9.81. The Balaban J connectivity index is 2.26. The molecule has 2 N–H and O–H groups in total. The molecule has 0 radical (unpaired) electrons. The highest BCUT2D eigenvalue weighted by Crippen LogP contribution is 2.43. The van der Waals surface area contributed by atoms with Gasteiger partial charge >= 0.3 is 6.18 Å². The van der Waals surface area contributed by atoms with Gasteiger partial charge in [0.2, 0.25) is 5.56 Å². The Labute approximate surface area is 145 Å². The summed E-state index contributed by atoms with van der Waals surface area (Å²) in [5.74, 6) is -0.739. The molecule has 128 valence electrons. The van der Waals surface area contributed by atoms with E-state index in [1.54, 1.807) is 6.92 Å². The molecule has 8 heteroatoms. The quantitative estimate of drug-likeness (QED) is 0.787. The van der Waals surface area contributed by atoms with E-state index in [4.69, 9.17) is 11.6 Å². The van der Waals surface area contributed by atoms with Gasteiger partial charge in [-0.2, -0.15) is 18.4 Å². The number of nitriles is 1. The molecule has 1 aromatic carbocycles. The maximum Gasteiger partial charge on any atom is 0.417 e. The molecule has 25 heavy (non-hydrogen) atoms. The standard InChI is InChI=1S/C17H11ClF3N3O/c1-8-10(6-22)16(11-7-23-15(25)5-14(11)24-8)9-2-3-13(18)12(4-9)17(19,20)21/h2-5,7,16,24H,1H3,(H,23,25). The van der Waals surface area contributed by atoms with Gasteiger partial charge in [-0.1, -0.05) is 17.7 Å². The van der Waals surface area contributed by atoms with Crippen LogP contribution in [-0.4, -0.2) is 4.98 Å². The minimum absolute atomic E-state index is 0.266. The van der Waals surface area contributed by atoms with Gasteiger partial charge in [-0.3, -0.25) is 4.79 Å². The Bertz CT molecular complexity index is 986. The number of aromatic nitrogens is 1. The van der Waals surface area contributed by atoms with E-state index in [9.17, 15) is 23.2 Å². The fraction of sp³-hybridized carbons (Fsp3) is 0.176. The molecule has 1 aliphatic heterocycles. The molecule has 0 amide bonds. The van der Waals surface area contributed by atoms with E-state index in [1.165, 1.54) is 18.3 Å². The van der Waals surface area contributed by atoms with Crippen molar-refractivity contribution in [3.8, 4) is 6.07 Å². The smallest absolute Gasteiger partial charge is 0.358 e. The Morgan fingerprint density at radius 1 is 1.28 bits per heavy atom. The zero-order valence-corrected chi connectivity index (χ0v) is 13.6. The third-order valence-corrected chi connectivity index (χ3v) is 4.36. The maximum atomic E-state index is 13.2. The molecule has 2 aromatic rings. The van der Waals surface area contributed by atoms with Crippen LogP contribution >= 0.6 is 11.6 Å². The van der Waals surface area contributed by atoms with Crippen LogP contribution in [0.3, 0.4) is 0 Å². The number of aromatic amines is 1. The fourth-order valence-corrected chi connectivity index (χ4v) is 3.13. The van der Waals surface area contributed by atoms with Gasteiger partial charge in [-0.15, -0.1) is 0 Å². The molecule has 4 nitrogen and oxygen atoms in total. The van der Waals surface area contributed by atoms with E-state index in [0.29, 0.717) is 16.9 Å². The Kier molecular flexibility index (Phi) is 4.09. The van der Waals surface area contributed by atoms with Gasteiger partial charge in [0.05, 0.1) is 22.2 Å². The van der Waals surface area contributed by atoms with Gasteiger partial charge in [0.1, 0.15) is 0 Å². The number of rotatable bonds is 1. The van der Waals surface area contributed by atoms with Crippen molar-refractivity contribution in [2.75, 3.05) is 5.32 Å². The molecule has 0 spiro atoms. The predicted octanol–water partition coefficient (Wildman–Crippen LogP) is 4.40. The number of pyridine rings is 1. The largest absolute Gasteiger partial charge is 0.417 e. The van der Waals surface area contributed by atoms with Crippen LogP contribution in [0.2, 0.25) is 5.02 Å². The number of hydrogen-bond acceptors (Lipinski definition) is 3. The lowest BCUT2D eigenvalue weighted by molar-refractivity contribution is -0.137. The lowest BCUT2D eigenvalue weighted by Crippen LogP contribution is -2.20. The molecular weight excluding hydrogens is 355 g/mol. The Hall–Kier alpha value is -2.72. The van der Waals surface area contributed by atoms with Crippen LogP contribution in [0, 0.1) is 11.3 Å². The maximum absolute atomic E-state index is 13.2. The monoisotopic (exact) mass is 365 g/mol. The van der Waals surface area contributed by atoms with Gasteiger partial charge in [0.15, 0.2) is 0 Å². The summed E-state index contributed by atoms with van der Waals surface area (Å²) in [6.07, 6.45) is -3.21. The van der Waals surface area contributed by atoms with Crippen LogP contribution in [0.25, 0.3) is 0 Å². The van der Waals surface area contributed by atoms with Crippen molar-refractivity contribution in [2.24, 2.45) is 0 Å². The minimum Gasteiger partial charge on any atom is -0.358 e.